The number of halogens is 1. The number of ketones is 1. The molecule has 0 fully saturated rings. The van der Waals surface area contributed by atoms with E-state index < -0.39 is 0 Å². The van der Waals surface area contributed by atoms with E-state index in [9.17, 15) is 4.79 Å². The lowest BCUT2D eigenvalue weighted by molar-refractivity contribution is 0.101. The molecular weight excluding hydrogens is 228 g/mol. The number of hydrogen-bond donors (Lipinski definition) is 0. The number of hydrogen-bond acceptors (Lipinski definition) is 4. The predicted molar refractivity (Wildman–Crippen MR) is 59.3 cm³/mol. The third-order valence-corrected chi connectivity index (χ3v) is 2.37. The Morgan fingerprint density at radius 2 is 2.06 bits per heavy atom. The average molecular weight is 237 g/mol. The van der Waals surface area contributed by atoms with Crippen LogP contribution < -0.4 is 0 Å². The molecule has 0 N–H and O–H groups in total. The molecule has 0 aliphatic carbocycles. The molecule has 0 saturated carbocycles. The van der Waals surface area contributed by atoms with Gasteiger partial charge in [0.15, 0.2) is 11.6 Å². The quantitative estimate of drug-likeness (QED) is 0.607. The van der Waals surface area contributed by atoms with Gasteiger partial charge in [-0.1, -0.05) is 17.3 Å². The SMILES string of the molecule is CC(=O)c1ccc(-c2nc(CCl)no2)cc1. The van der Waals surface area contributed by atoms with Gasteiger partial charge >= 0.3 is 0 Å². The molecule has 0 unspecified atom stereocenters. The Hall–Kier alpha value is -1.68. The summed E-state index contributed by atoms with van der Waals surface area (Å²) in [7, 11) is 0. The second-order valence-electron chi connectivity index (χ2n) is 3.28. The third kappa shape index (κ3) is 2.12. The molecule has 0 amide bonds. The van der Waals surface area contributed by atoms with Crippen LogP contribution in [0.4, 0.5) is 0 Å². The monoisotopic (exact) mass is 236 g/mol. The first-order chi connectivity index (χ1) is 7.70. The van der Waals surface area contributed by atoms with Crippen LogP contribution in [0.1, 0.15) is 23.1 Å². The van der Waals surface area contributed by atoms with E-state index in [0.717, 1.165) is 5.56 Å². The standard InChI is InChI=1S/C11H9ClN2O2/c1-7(15)8-2-4-9(5-3-8)11-13-10(6-12)14-16-11/h2-5H,6H2,1H3. The van der Waals surface area contributed by atoms with E-state index in [4.69, 9.17) is 16.1 Å². The molecule has 0 aliphatic heterocycles. The minimum absolute atomic E-state index is 0.0264. The van der Waals surface area contributed by atoms with Gasteiger partial charge in [-0.25, -0.2) is 0 Å². The van der Waals surface area contributed by atoms with Crippen LogP contribution in [0.5, 0.6) is 0 Å². The zero-order valence-electron chi connectivity index (χ0n) is 8.61. The molecule has 0 atom stereocenters. The van der Waals surface area contributed by atoms with Crippen molar-refractivity contribution >= 4 is 17.4 Å². The first-order valence-electron chi connectivity index (χ1n) is 4.70. The van der Waals surface area contributed by atoms with Gasteiger partial charge < -0.3 is 4.52 Å². The van der Waals surface area contributed by atoms with Crippen LogP contribution in [0.3, 0.4) is 0 Å². The maximum atomic E-state index is 11.1. The second kappa shape index (κ2) is 4.45. The van der Waals surface area contributed by atoms with Gasteiger partial charge in [-0.3, -0.25) is 4.79 Å². The molecule has 1 aromatic heterocycles. The third-order valence-electron chi connectivity index (χ3n) is 2.13. The Bertz CT molecular complexity index is 505. The summed E-state index contributed by atoms with van der Waals surface area (Å²) in [5.74, 6) is 1.10. The van der Waals surface area contributed by atoms with Gasteiger partial charge in [-0.2, -0.15) is 4.98 Å². The van der Waals surface area contributed by atoms with Crippen LogP contribution in [-0.4, -0.2) is 15.9 Å². The van der Waals surface area contributed by atoms with Gasteiger partial charge in [0, 0.05) is 11.1 Å². The summed E-state index contributed by atoms with van der Waals surface area (Å²) in [6.07, 6.45) is 0. The number of carbonyl (C=O) groups excluding carboxylic acids is 1. The number of rotatable bonds is 3. The average Bonchev–Trinajstić information content (AvgIpc) is 2.77. The smallest absolute Gasteiger partial charge is 0.257 e. The molecule has 82 valence electrons. The Balaban J connectivity index is 2.30. The van der Waals surface area contributed by atoms with Gasteiger partial charge in [0.05, 0.1) is 5.88 Å². The molecule has 16 heavy (non-hydrogen) atoms. The minimum Gasteiger partial charge on any atom is -0.334 e. The number of Topliss-reactive ketones (excluding diaryl/α,β-unsaturated/α-hetero) is 1. The summed E-state index contributed by atoms with van der Waals surface area (Å²) < 4.78 is 5.01. The van der Waals surface area contributed by atoms with Crippen LogP contribution in [0, 0.1) is 0 Å². The molecule has 0 bridgehead atoms. The molecule has 0 saturated heterocycles. The molecular formula is C11H9ClN2O2. The van der Waals surface area contributed by atoms with Crippen molar-refractivity contribution in [1.29, 1.82) is 0 Å². The minimum atomic E-state index is 0.0264. The zero-order valence-corrected chi connectivity index (χ0v) is 9.36. The van der Waals surface area contributed by atoms with E-state index >= 15 is 0 Å². The summed E-state index contributed by atoms with van der Waals surface area (Å²) in [5, 5.41) is 3.68. The van der Waals surface area contributed by atoms with Gasteiger partial charge in [0.2, 0.25) is 0 Å². The maximum absolute atomic E-state index is 11.1. The molecule has 2 rings (SSSR count). The maximum Gasteiger partial charge on any atom is 0.257 e. The van der Waals surface area contributed by atoms with Gasteiger partial charge in [-0.15, -0.1) is 11.6 Å². The first-order valence-corrected chi connectivity index (χ1v) is 5.24. The molecule has 0 radical (unpaired) electrons. The molecule has 1 heterocycles. The van der Waals surface area contributed by atoms with Crippen molar-refractivity contribution in [1.82, 2.24) is 10.1 Å². The molecule has 0 spiro atoms. The van der Waals surface area contributed by atoms with Crippen molar-refractivity contribution in [3.63, 3.8) is 0 Å². The number of carbonyl (C=O) groups is 1. The molecule has 0 aliphatic rings. The summed E-state index contributed by atoms with van der Waals surface area (Å²) in [6, 6.07) is 6.98. The highest BCUT2D eigenvalue weighted by molar-refractivity contribution is 6.16. The van der Waals surface area contributed by atoms with Crippen molar-refractivity contribution in [3.05, 3.63) is 35.7 Å². The molecule has 2 aromatic rings. The Morgan fingerprint density at radius 3 is 2.56 bits per heavy atom. The number of benzene rings is 1. The Kier molecular flexibility index (Phi) is 3.01. The summed E-state index contributed by atoms with van der Waals surface area (Å²) in [6.45, 7) is 1.52. The van der Waals surface area contributed by atoms with E-state index in [1.165, 1.54) is 6.92 Å². The van der Waals surface area contributed by atoms with Gasteiger partial charge in [0.1, 0.15) is 0 Å². The van der Waals surface area contributed by atoms with Gasteiger partial charge in [0.25, 0.3) is 5.89 Å². The van der Waals surface area contributed by atoms with Crippen molar-refractivity contribution in [2.24, 2.45) is 0 Å². The predicted octanol–water partition coefficient (Wildman–Crippen LogP) is 2.68. The highest BCUT2D eigenvalue weighted by Crippen LogP contribution is 2.18. The Labute approximate surface area is 97.2 Å². The summed E-state index contributed by atoms with van der Waals surface area (Å²) in [5.41, 5.74) is 1.43. The normalized spacial score (nSPS) is 10.4. The fraction of sp³-hybridized carbons (Fsp3) is 0.182. The van der Waals surface area contributed by atoms with E-state index in [0.29, 0.717) is 17.3 Å². The van der Waals surface area contributed by atoms with Crippen LogP contribution in [0.15, 0.2) is 28.8 Å². The zero-order chi connectivity index (χ0) is 11.5. The lowest BCUT2D eigenvalue weighted by Crippen LogP contribution is -1.90. The summed E-state index contributed by atoms with van der Waals surface area (Å²) in [4.78, 5) is 15.2. The van der Waals surface area contributed by atoms with E-state index in [-0.39, 0.29) is 11.7 Å². The number of alkyl halides is 1. The van der Waals surface area contributed by atoms with Crippen LogP contribution >= 0.6 is 11.6 Å². The lowest BCUT2D eigenvalue weighted by Gasteiger charge is -1.96. The highest BCUT2D eigenvalue weighted by Gasteiger charge is 2.08. The molecule has 1 aromatic carbocycles. The van der Waals surface area contributed by atoms with Crippen LogP contribution in [-0.2, 0) is 5.88 Å². The number of nitrogens with zero attached hydrogens (tertiary/aromatic N) is 2. The molecule has 4 nitrogen and oxygen atoms in total. The second-order valence-corrected chi connectivity index (χ2v) is 3.55. The van der Waals surface area contributed by atoms with Crippen molar-refractivity contribution < 1.29 is 9.32 Å². The van der Waals surface area contributed by atoms with Crippen molar-refractivity contribution in [3.8, 4) is 11.5 Å². The largest absolute Gasteiger partial charge is 0.334 e. The highest BCUT2D eigenvalue weighted by atomic mass is 35.5. The fourth-order valence-corrected chi connectivity index (χ4v) is 1.38. The molecule has 5 heteroatoms. The lowest BCUT2D eigenvalue weighted by atomic mass is 10.1. The van der Waals surface area contributed by atoms with Crippen molar-refractivity contribution in [2.45, 2.75) is 12.8 Å². The van der Waals surface area contributed by atoms with E-state index in [1.54, 1.807) is 24.3 Å². The van der Waals surface area contributed by atoms with E-state index in [1.807, 2.05) is 0 Å². The summed E-state index contributed by atoms with van der Waals surface area (Å²) >= 11 is 5.56. The Morgan fingerprint density at radius 1 is 1.38 bits per heavy atom. The topological polar surface area (TPSA) is 56.0 Å². The van der Waals surface area contributed by atoms with Crippen molar-refractivity contribution in [2.75, 3.05) is 0 Å². The van der Waals surface area contributed by atoms with Gasteiger partial charge in [-0.05, 0) is 19.1 Å². The fourth-order valence-electron chi connectivity index (χ4n) is 1.27. The van der Waals surface area contributed by atoms with Crippen LogP contribution in [0.2, 0.25) is 0 Å². The van der Waals surface area contributed by atoms with E-state index in [2.05, 4.69) is 10.1 Å². The van der Waals surface area contributed by atoms with Crippen LogP contribution in [0.25, 0.3) is 11.5 Å². The first kappa shape index (κ1) is 10.8. The number of aromatic nitrogens is 2.